The van der Waals surface area contributed by atoms with Crippen LogP contribution in [0.25, 0.3) is 0 Å². The first-order chi connectivity index (χ1) is 20.9. The molecule has 0 aromatic heterocycles. The number of unbranched alkanes of at least 4 members (excludes halogenated alkanes) is 11. The van der Waals surface area contributed by atoms with Crippen LogP contribution in [-0.4, -0.2) is 36.4 Å². The maximum atomic E-state index is 12.4. The Balaban J connectivity index is 1.52. The number of halogens is 2. The van der Waals surface area contributed by atoms with E-state index in [-0.39, 0.29) is 25.6 Å². The van der Waals surface area contributed by atoms with Crippen molar-refractivity contribution in [2.45, 2.75) is 109 Å². The minimum atomic E-state index is -1.09. The molecule has 2 rings (SSSR count). The van der Waals surface area contributed by atoms with Crippen molar-refractivity contribution in [1.29, 1.82) is 0 Å². The van der Waals surface area contributed by atoms with Crippen molar-refractivity contribution in [3.05, 3.63) is 70.2 Å². The van der Waals surface area contributed by atoms with Gasteiger partial charge in [-0.15, -0.1) is 0 Å². The largest absolute Gasteiger partial charge is 0.463 e. The zero-order chi connectivity index (χ0) is 31.1. The Bertz CT molecular complexity index is 1090. The zero-order valence-electron chi connectivity index (χ0n) is 25.6. The van der Waals surface area contributed by atoms with Crippen LogP contribution in [0.15, 0.2) is 54.6 Å². The van der Waals surface area contributed by atoms with E-state index in [9.17, 15) is 14.7 Å². The lowest BCUT2D eigenvalue weighted by molar-refractivity contribution is -0.152. The van der Waals surface area contributed by atoms with Crippen LogP contribution >= 0.6 is 23.2 Å². The molecule has 0 bridgehead atoms. The summed E-state index contributed by atoms with van der Waals surface area (Å²) in [5, 5.41) is 14.2. The highest BCUT2D eigenvalue weighted by atomic mass is 35.5. The molecule has 0 spiro atoms. The van der Waals surface area contributed by atoms with E-state index >= 15 is 0 Å². The molecule has 2 N–H and O–H groups in total. The minimum absolute atomic E-state index is 0.0206. The average molecular weight is 635 g/mol. The Labute approximate surface area is 268 Å². The van der Waals surface area contributed by atoms with Crippen LogP contribution < -0.4 is 5.32 Å². The topological polar surface area (TPSA) is 84.9 Å². The summed E-state index contributed by atoms with van der Waals surface area (Å²) in [7, 11) is 0. The van der Waals surface area contributed by atoms with Crippen LogP contribution in [0.2, 0.25) is 10.0 Å². The number of allylic oxidation sites excluding steroid dienone is 2. The van der Waals surface area contributed by atoms with Gasteiger partial charge in [-0.2, -0.15) is 0 Å². The number of aliphatic hydroxyl groups excluding tert-OH is 1. The van der Waals surface area contributed by atoms with E-state index in [1.165, 1.54) is 51.4 Å². The smallest absolute Gasteiger partial charge is 0.310 e. The lowest BCUT2D eigenvalue weighted by Gasteiger charge is -2.15. The molecule has 0 aliphatic rings. The molecule has 8 heteroatoms. The number of esters is 2. The number of nitrogens with one attached hydrogen (secondary N) is 1. The van der Waals surface area contributed by atoms with Crippen molar-refractivity contribution in [3.8, 4) is 0 Å². The Hall–Kier alpha value is -2.54. The van der Waals surface area contributed by atoms with Crippen LogP contribution in [0.5, 0.6) is 0 Å². The summed E-state index contributed by atoms with van der Waals surface area (Å²) in [6.07, 6.45) is 19.4. The molecule has 0 amide bonds. The predicted molar refractivity (Wildman–Crippen MR) is 177 cm³/mol. The summed E-state index contributed by atoms with van der Waals surface area (Å²) in [6.45, 7) is 1.78. The molecular formula is C35H49Cl2NO5. The van der Waals surface area contributed by atoms with Gasteiger partial charge in [-0.05, 0) is 55.9 Å². The molecule has 0 saturated heterocycles. The summed E-state index contributed by atoms with van der Waals surface area (Å²) in [5.74, 6) is -0.862. The molecule has 0 fully saturated rings. The average Bonchev–Trinajstić information content (AvgIpc) is 2.99. The fourth-order valence-corrected chi connectivity index (χ4v) is 5.09. The van der Waals surface area contributed by atoms with Gasteiger partial charge in [0, 0.05) is 12.1 Å². The number of anilines is 2. The second kappa shape index (κ2) is 22.9. The summed E-state index contributed by atoms with van der Waals surface area (Å²) in [6, 6.07) is 12.4. The number of carbonyl (C=O) groups is 2. The first kappa shape index (κ1) is 36.7. The second-order valence-electron chi connectivity index (χ2n) is 10.9. The summed E-state index contributed by atoms with van der Waals surface area (Å²) in [5.41, 5.74) is 1.90. The number of rotatable bonds is 23. The van der Waals surface area contributed by atoms with Gasteiger partial charge in [0.15, 0.2) is 0 Å². The van der Waals surface area contributed by atoms with Gasteiger partial charge in [-0.1, -0.05) is 118 Å². The van der Waals surface area contributed by atoms with Crippen LogP contribution in [0, 0.1) is 0 Å². The van der Waals surface area contributed by atoms with E-state index in [1.54, 1.807) is 24.3 Å². The third-order valence-corrected chi connectivity index (χ3v) is 7.72. The molecule has 1 unspecified atom stereocenters. The molecule has 0 aliphatic carbocycles. The lowest BCUT2D eigenvalue weighted by Crippen LogP contribution is -2.26. The van der Waals surface area contributed by atoms with E-state index in [4.69, 9.17) is 32.7 Å². The molecule has 6 nitrogen and oxygen atoms in total. The highest BCUT2D eigenvalue weighted by Crippen LogP contribution is 2.33. The van der Waals surface area contributed by atoms with Gasteiger partial charge in [0.25, 0.3) is 0 Å². The van der Waals surface area contributed by atoms with Gasteiger partial charge >= 0.3 is 11.9 Å². The molecule has 1 atom stereocenters. The van der Waals surface area contributed by atoms with Crippen LogP contribution in [0.3, 0.4) is 0 Å². The van der Waals surface area contributed by atoms with Crippen LogP contribution in [0.4, 0.5) is 11.4 Å². The molecule has 238 valence electrons. The second-order valence-corrected chi connectivity index (χ2v) is 11.7. The van der Waals surface area contributed by atoms with Gasteiger partial charge in [0.05, 0.1) is 22.2 Å². The number of hydrogen-bond acceptors (Lipinski definition) is 6. The molecule has 43 heavy (non-hydrogen) atoms. The van der Waals surface area contributed by atoms with Gasteiger partial charge in [0.2, 0.25) is 0 Å². The molecule has 0 saturated carbocycles. The molecule has 0 aliphatic heterocycles. The maximum Gasteiger partial charge on any atom is 0.310 e. The van der Waals surface area contributed by atoms with Gasteiger partial charge in [0.1, 0.15) is 19.3 Å². The fourth-order valence-electron chi connectivity index (χ4n) is 4.59. The van der Waals surface area contributed by atoms with Crippen molar-refractivity contribution in [2.75, 3.05) is 18.5 Å². The maximum absolute atomic E-state index is 12.4. The third-order valence-electron chi connectivity index (χ3n) is 7.09. The third kappa shape index (κ3) is 16.8. The molecule has 2 aromatic rings. The SMILES string of the molecule is CCCCCCCC/C=C\CCCCCCCC(=O)OCC(O)COC(=O)Cc1ccccc1Nc1c(Cl)cccc1Cl. The first-order valence-corrected chi connectivity index (χ1v) is 16.6. The van der Waals surface area contributed by atoms with Crippen molar-refractivity contribution in [3.63, 3.8) is 0 Å². The quantitative estimate of drug-likeness (QED) is 0.0719. The lowest BCUT2D eigenvalue weighted by atomic mass is 10.1. The Morgan fingerprint density at radius 1 is 0.767 bits per heavy atom. The summed E-state index contributed by atoms with van der Waals surface area (Å²) >= 11 is 12.5. The monoisotopic (exact) mass is 633 g/mol. The molecular weight excluding hydrogens is 585 g/mol. The van der Waals surface area contributed by atoms with E-state index < -0.39 is 12.1 Å². The van der Waals surface area contributed by atoms with Crippen LogP contribution in [-0.2, 0) is 25.5 Å². The standard InChI is InChI=1S/C35H49Cl2NO5/c1-2-3-4-5-6-7-8-9-10-11-12-13-14-15-16-24-33(40)42-26-29(39)27-43-34(41)25-28-20-17-18-23-32(28)38-35-30(36)21-19-22-31(35)37/h9-10,17-23,29,38-39H,2-8,11-16,24-27H2,1H3/b10-9-. The Morgan fingerprint density at radius 3 is 1.98 bits per heavy atom. The molecule has 0 radical (unpaired) electrons. The van der Waals surface area contributed by atoms with Gasteiger partial charge in [-0.3, -0.25) is 9.59 Å². The first-order valence-electron chi connectivity index (χ1n) is 15.8. The summed E-state index contributed by atoms with van der Waals surface area (Å²) < 4.78 is 10.4. The van der Waals surface area contributed by atoms with Crippen molar-refractivity contribution in [1.82, 2.24) is 0 Å². The molecule has 0 heterocycles. The van der Waals surface area contributed by atoms with E-state index in [2.05, 4.69) is 24.4 Å². The fraction of sp³-hybridized carbons (Fsp3) is 0.543. The number of para-hydroxylation sites is 2. The van der Waals surface area contributed by atoms with E-state index in [1.807, 2.05) is 18.2 Å². The van der Waals surface area contributed by atoms with Gasteiger partial charge in [-0.25, -0.2) is 0 Å². The van der Waals surface area contributed by atoms with E-state index in [0.717, 1.165) is 32.1 Å². The normalized spacial score (nSPS) is 11.9. The Kier molecular flexibility index (Phi) is 19.5. The summed E-state index contributed by atoms with van der Waals surface area (Å²) in [4.78, 5) is 24.5. The predicted octanol–water partition coefficient (Wildman–Crippen LogP) is 9.76. The number of aliphatic hydroxyl groups is 1. The van der Waals surface area contributed by atoms with E-state index in [0.29, 0.717) is 33.4 Å². The van der Waals surface area contributed by atoms with Crippen molar-refractivity contribution in [2.24, 2.45) is 0 Å². The number of carbonyl (C=O) groups excluding carboxylic acids is 2. The van der Waals surface area contributed by atoms with Gasteiger partial charge < -0.3 is 19.9 Å². The minimum Gasteiger partial charge on any atom is -0.463 e. The zero-order valence-corrected chi connectivity index (χ0v) is 27.1. The van der Waals surface area contributed by atoms with Crippen molar-refractivity contribution < 1.29 is 24.2 Å². The van der Waals surface area contributed by atoms with Crippen molar-refractivity contribution >= 4 is 46.5 Å². The highest BCUT2D eigenvalue weighted by Gasteiger charge is 2.15. The Morgan fingerprint density at radius 2 is 1.33 bits per heavy atom. The highest BCUT2D eigenvalue weighted by molar-refractivity contribution is 6.39. The molecule has 2 aromatic carbocycles. The van der Waals surface area contributed by atoms with Crippen LogP contribution in [0.1, 0.15) is 102 Å². The number of benzene rings is 2. The number of ether oxygens (including phenoxy) is 2. The number of hydrogen-bond donors (Lipinski definition) is 2.